The molecule has 1 N–H and O–H groups in total. The number of benzene rings is 1. The van der Waals surface area contributed by atoms with Crippen LogP contribution in [0.4, 0.5) is 0 Å². The van der Waals surface area contributed by atoms with Crippen LogP contribution in [0.3, 0.4) is 0 Å². The highest BCUT2D eigenvalue weighted by Crippen LogP contribution is 2.51. The van der Waals surface area contributed by atoms with Crippen LogP contribution in [0.5, 0.6) is 0 Å². The van der Waals surface area contributed by atoms with Gasteiger partial charge in [0.25, 0.3) is 0 Å². The first-order valence-electron chi connectivity index (χ1n) is 7.17. The fourth-order valence-electron chi connectivity index (χ4n) is 4.43. The van der Waals surface area contributed by atoms with Crippen molar-refractivity contribution in [1.82, 2.24) is 0 Å². The SMILES string of the molecule is CC1(C)CC(C)(C)CC(O)(Cc2cccc(Cl)c2Cl)C1. The Hall–Kier alpha value is -0.240. The minimum atomic E-state index is -0.709. The highest BCUT2D eigenvalue weighted by Gasteiger charge is 2.46. The van der Waals surface area contributed by atoms with Gasteiger partial charge in [-0.25, -0.2) is 0 Å². The summed E-state index contributed by atoms with van der Waals surface area (Å²) in [6.45, 7) is 8.94. The summed E-state index contributed by atoms with van der Waals surface area (Å²) in [5, 5.41) is 12.2. The van der Waals surface area contributed by atoms with Gasteiger partial charge in [-0.1, -0.05) is 63.0 Å². The van der Waals surface area contributed by atoms with Crippen molar-refractivity contribution in [2.45, 2.75) is 59.0 Å². The van der Waals surface area contributed by atoms with Crippen molar-refractivity contribution in [2.24, 2.45) is 10.8 Å². The van der Waals surface area contributed by atoms with Crippen LogP contribution in [0.2, 0.25) is 10.0 Å². The second kappa shape index (κ2) is 5.19. The molecule has 0 radical (unpaired) electrons. The average Bonchev–Trinajstić information content (AvgIpc) is 2.19. The van der Waals surface area contributed by atoms with Crippen LogP contribution in [0.25, 0.3) is 0 Å². The molecule has 2 rings (SSSR count). The Kier molecular flexibility index (Phi) is 4.19. The summed E-state index contributed by atoms with van der Waals surface area (Å²) in [4.78, 5) is 0. The molecule has 1 saturated carbocycles. The standard InChI is InChI=1S/C17H24Cl2O/c1-15(2)9-16(3,4)11-17(20,10-15)8-12-6-5-7-13(18)14(12)19/h5-7,20H,8-11H2,1-4H3. The van der Waals surface area contributed by atoms with Crippen LogP contribution in [-0.2, 0) is 6.42 Å². The normalized spacial score (nSPS) is 23.6. The lowest BCUT2D eigenvalue weighted by Gasteiger charge is -2.49. The molecule has 0 heterocycles. The highest BCUT2D eigenvalue weighted by molar-refractivity contribution is 6.42. The highest BCUT2D eigenvalue weighted by atomic mass is 35.5. The molecule has 1 aromatic rings. The third-order valence-corrected chi connectivity index (χ3v) is 4.98. The lowest BCUT2D eigenvalue weighted by molar-refractivity contribution is -0.0850. The minimum absolute atomic E-state index is 0.140. The molecule has 0 aliphatic heterocycles. The molecule has 20 heavy (non-hydrogen) atoms. The van der Waals surface area contributed by atoms with E-state index in [9.17, 15) is 5.11 Å². The number of hydrogen-bond acceptors (Lipinski definition) is 1. The molecule has 1 fully saturated rings. The van der Waals surface area contributed by atoms with Crippen molar-refractivity contribution < 1.29 is 5.11 Å². The zero-order valence-electron chi connectivity index (χ0n) is 12.8. The molecular weight excluding hydrogens is 291 g/mol. The van der Waals surface area contributed by atoms with Gasteiger partial charge in [0.15, 0.2) is 0 Å². The number of aliphatic hydroxyl groups is 1. The van der Waals surface area contributed by atoms with Crippen LogP contribution >= 0.6 is 23.2 Å². The molecular formula is C17H24Cl2O. The summed E-state index contributed by atoms with van der Waals surface area (Å²) in [7, 11) is 0. The fraction of sp³-hybridized carbons (Fsp3) is 0.647. The molecule has 112 valence electrons. The van der Waals surface area contributed by atoms with E-state index < -0.39 is 5.60 Å². The number of rotatable bonds is 2. The van der Waals surface area contributed by atoms with Crippen LogP contribution < -0.4 is 0 Å². The van der Waals surface area contributed by atoms with E-state index in [1.165, 1.54) is 0 Å². The molecule has 0 atom stereocenters. The molecule has 0 spiro atoms. The molecule has 0 saturated heterocycles. The van der Waals surface area contributed by atoms with Gasteiger partial charge in [-0.3, -0.25) is 0 Å². The summed E-state index contributed by atoms with van der Waals surface area (Å²) in [6, 6.07) is 5.64. The Morgan fingerprint density at radius 2 is 1.55 bits per heavy atom. The Balaban J connectivity index is 2.29. The number of halogens is 2. The third-order valence-electron chi connectivity index (χ3n) is 4.12. The van der Waals surface area contributed by atoms with Crippen molar-refractivity contribution in [3.63, 3.8) is 0 Å². The van der Waals surface area contributed by atoms with Gasteiger partial charge >= 0.3 is 0 Å². The first-order chi connectivity index (χ1) is 9.02. The summed E-state index contributed by atoms with van der Waals surface area (Å²) in [5.41, 5.74) is 0.512. The van der Waals surface area contributed by atoms with Gasteiger partial charge in [-0.2, -0.15) is 0 Å². The fourth-order valence-corrected chi connectivity index (χ4v) is 4.82. The summed E-state index contributed by atoms with van der Waals surface area (Å²) >= 11 is 12.3. The van der Waals surface area contributed by atoms with E-state index in [-0.39, 0.29) is 10.8 Å². The lowest BCUT2D eigenvalue weighted by Crippen LogP contribution is -2.47. The summed E-state index contributed by atoms with van der Waals surface area (Å²) < 4.78 is 0. The second-order valence-electron chi connectivity index (χ2n) is 7.97. The van der Waals surface area contributed by atoms with Crippen molar-refractivity contribution in [3.05, 3.63) is 33.8 Å². The Bertz CT molecular complexity index is 490. The monoisotopic (exact) mass is 314 g/mol. The van der Waals surface area contributed by atoms with Crippen LogP contribution in [0.1, 0.15) is 52.5 Å². The lowest BCUT2D eigenvalue weighted by atomic mass is 9.58. The average molecular weight is 315 g/mol. The summed E-state index contributed by atoms with van der Waals surface area (Å²) in [5.74, 6) is 0. The maximum absolute atomic E-state index is 11.1. The van der Waals surface area contributed by atoms with Crippen molar-refractivity contribution in [3.8, 4) is 0 Å². The van der Waals surface area contributed by atoms with E-state index in [0.29, 0.717) is 16.5 Å². The molecule has 1 aliphatic rings. The molecule has 1 aromatic carbocycles. The van der Waals surface area contributed by atoms with Gasteiger partial charge in [0.2, 0.25) is 0 Å². The maximum atomic E-state index is 11.1. The topological polar surface area (TPSA) is 20.2 Å². The van der Waals surface area contributed by atoms with Gasteiger partial charge in [-0.05, 0) is 41.7 Å². The zero-order valence-corrected chi connectivity index (χ0v) is 14.3. The second-order valence-corrected chi connectivity index (χ2v) is 8.76. The quantitative estimate of drug-likeness (QED) is 0.763. The predicted molar refractivity (Wildman–Crippen MR) is 86.5 cm³/mol. The molecule has 0 aromatic heterocycles. The molecule has 0 amide bonds. The summed E-state index contributed by atoms with van der Waals surface area (Å²) in [6.07, 6.45) is 3.30. The van der Waals surface area contributed by atoms with Gasteiger partial charge < -0.3 is 5.11 Å². The van der Waals surface area contributed by atoms with Crippen LogP contribution in [-0.4, -0.2) is 10.7 Å². The van der Waals surface area contributed by atoms with Crippen molar-refractivity contribution in [2.75, 3.05) is 0 Å². The zero-order chi connectivity index (χ0) is 15.2. The van der Waals surface area contributed by atoms with Gasteiger partial charge in [0.1, 0.15) is 0 Å². The van der Waals surface area contributed by atoms with Crippen LogP contribution in [0, 0.1) is 10.8 Å². The minimum Gasteiger partial charge on any atom is -0.390 e. The maximum Gasteiger partial charge on any atom is 0.0698 e. The van der Waals surface area contributed by atoms with E-state index in [1.807, 2.05) is 12.1 Å². The molecule has 1 aliphatic carbocycles. The largest absolute Gasteiger partial charge is 0.390 e. The van der Waals surface area contributed by atoms with Gasteiger partial charge in [0.05, 0.1) is 15.6 Å². The Morgan fingerprint density at radius 1 is 1.00 bits per heavy atom. The smallest absolute Gasteiger partial charge is 0.0698 e. The van der Waals surface area contributed by atoms with E-state index in [0.717, 1.165) is 24.8 Å². The Morgan fingerprint density at radius 3 is 2.10 bits per heavy atom. The van der Waals surface area contributed by atoms with Crippen molar-refractivity contribution >= 4 is 23.2 Å². The van der Waals surface area contributed by atoms with E-state index in [2.05, 4.69) is 27.7 Å². The van der Waals surface area contributed by atoms with E-state index in [4.69, 9.17) is 23.2 Å². The van der Waals surface area contributed by atoms with E-state index >= 15 is 0 Å². The van der Waals surface area contributed by atoms with Gasteiger partial charge in [-0.15, -0.1) is 0 Å². The van der Waals surface area contributed by atoms with Crippen LogP contribution in [0.15, 0.2) is 18.2 Å². The third kappa shape index (κ3) is 3.69. The molecule has 1 nitrogen and oxygen atoms in total. The van der Waals surface area contributed by atoms with E-state index in [1.54, 1.807) is 6.07 Å². The first kappa shape index (κ1) is 16.1. The predicted octanol–water partition coefficient (Wildman–Crippen LogP) is 5.50. The van der Waals surface area contributed by atoms with Gasteiger partial charge in [0, 0.05) is 6.42 Å². The molecule has 3 heteroatoms. The molecule has 0 unspecified atom stereocenters. The van der Waals surface area contributed by atoms with Crippen molar-refractivity contribution in [1.29, 1.82) is 0 Å². The number of hydrogen-bond donors (Lipinski definition) is 1. The molecule has 0 bridgehead atoms. The first-order valence-corrected chi connectivity index (χ1v) is 7.93. The Labute approximate surface area is 132 Å².